The van der Waals surface area contributed by atoms with Gasteiger partial charge in [0.2, 0.25) is 11.8 Å². The number of hydrogen-bond acceptors (Lipinski definition) is 3. The molecule has 0 spiro atoms. The summed E-state index contributed by atoms with van der Waals surface area (Å²) >= 11 is 13.9. The van der Waals surface area contributed by atoms with Crippen molar-refractivity contribution in [2.75, 3.05) is 12.3 Å². The summed E-state index contributed by atoms with van der Waals surface area (Å²) in [5.41, 5.74) is 2.05. The van der Waals surface area contributed by atoms with Gasteiger partial charge in [-0.15, -0.1) is 11.8 Å². The summed E-state index contributed by atoms with van der Waals surface area (Å²) in [6, 6.07) is 20.7. The molecule has 4 nitrogen and oxygen atoms in total. The summed E-state index contributed by atoms with van der Waals surface area (Å²) in [4.78, 5) is 28.6. The largest absolute Gasteiger partial charge is 0.354 e. The topological polar surface area (TPSA) is 49.4 Å². The summed E-state index contributed by atoms with van der Waals surface area (Å²) in [6.45, 7) is 2.77. The number of nitrogens with zero attached hydrogens (tertiary/aromatic N) is 1. The molecule has 0 saturated heterocycles. The van der Waals surface area contributed by atoms with Gasteiger partial charge in [0.05, 0.1) is 5.75 Å². The van der Waals surface area contributed by atoms with Crippen molar-refractivity contribution in [3.63, 3.8) is 0 Å². The zero-order valence-electron chi connectivity index (χ0n) is 20.8. The molecule has 1 atom stereocenters. The van der Waals surface area contributed by atoms with Gasteiger partial charge in [-0.2, -0.15) is 0 Å². The van der Waals surface area contributed by atoms with E-state index in [1.54, 1.807) is 23.1 Å². The van der Waals surface area contributed by atoms with E-state index >= 15 is 0 Å². The van der Waals surface area contributed by atoms with Gasteiger partial charge in [-0.3, -0.25) is 9.59 Å². The zero-order valence-corrected chi connectivity index (χ0v) is 23.1. The molecule has 3 aromatic carbocycles. The molecule has 0 aliphatic heterocycles. The minimum atomic E-state index is -0.735. The highest BCUT2D eigenvalue weighted by Gasteiger charge is 2.30. The first kappa shape index (κ1) is 29.0. The SMILES string of the molecule is CCCCNC(=O)[C@@H](Cc1ccccc1)N(Cc1ccccc1Cl)C(=O)CSCc1c(F)cccc1Cl. The van der Waals surface area contributed by atoms with Crippen LogP contribution in [-0.4, -0.2) is 35.1 Å². The average molecular weight is 562 g/mol. The lowest BCUT2D eigenvalue weighted by atomic mass is 10.0. The van der Waals surface area contributed by atoms with Crippen molar-refractivity contribution in [3.8, 4) is 0 Å². The Bertz CT molecular complexity index is 1160. The summed E-state index contributed by atoms with van der Waals surface area (Å²) in [5.74, 6) is -0.548. The van der Waals surface area contributed by atoms with Crippen molar-refractivity contribution in [2.45, 2.75) is 44.5 Å². The molecule has 2 amide bonds. The molecule has 3 rings (SSSR count). The van der Waals surface area contributed by atoms with Crippen LogP contribution in [0.1, 0.15) is 36.5 Å². The number of hydrogen-bond donors (Lipinski definition) is 1. The number of carbonyl (C=O) groups is 2. The number of unbranched alkanes of at least 4 members (excludes halogenated alkanes) is 1. The Labute approximate surface area is 232 Å². The van der Waals surface area contributed by atoms with E-state index in [9.17, 15) is 14.0 Å². The molecule has 0 heterocycles. The van der Waals surface area contributed by atoms with Crippen LogP contribution < -0.4 is 5.32 Å². The van der Waals surface area contributed by atoms with Crippen molar-refractivity contribution in [2.24, 2.45) is 0 Å². The number of nitrogens with one attached hydrogen (secondary N) is 1. The number of carbonyl (C=O) groups excluding carboxylic acids is 2. The molecule has 1 N–H and O–H groups in total. The number of rotatable bonds is 13. The summed E-state index contributed by atoms with van der Waals surface area (Å²) in [6.07, 6.45) is 2.15. The molecule has 0 saturated carbocycles. The molecule has 0 bridgehead atoms. The summed E-state index contributed by atoms with van der Waals surface area (Å²) in [5, 5.41) is 3.85. The van der Waals surface area contributed by atoms with Gasteiger partial charge in [0.15, 0.2) is 0 Å². The summed E-state index contributed by atoms with van der Waals surface area (Å²) < 4.78 is 14.2. The van der Waals surface area contributed by atoms with E-state index in [1.807, 2.05) is 48.5 Å². The van der Waals surface area contributed by atoms with E-state index in [0.29, 0.717) is 28.6 Å². The molecule has 0 aromatic heterocycles. The minimum absolute atomic E-state index is 0.0582. The van der Waals surface area contributed by atoms with Crippen molar-refractivity contribution in [1.82, 2.24) is 10.2 Å². The molecule has 0 radical (unpaired) electrons. The van der Waals surface area contributed by atoms with Crippen LogP contribution in [0.4, 0.5) is 4.39 Å². The van der Waals surface area contributed by atoms with Crippen molar-refractivity contribution >= 4 is 46.8 Å². The van der Waals surface area contributed by atoms with Gasteiger partial charge in [0.1, 0.15) is 11.9 Å². The molecule has 0 aliphatic carbocycles. The Morgan fingerprint density at radius 1 is 0.973 bits per heavy atom. The Morgan fingerprint density at radius 3 is 2.38 bits per heavy atom. The third kappa shape index (κ3) is 8.77. The highest BCUT2D eigenvalue weighted by molar-refractivity contribution is 7.99. The van der Waals surface area contributed by atoms with E-state index in [-0.39, 0.29) is 29.9 Å². The van der Waals surface area contributed by atoms with Gasteiger partial charge in [-0.1, -0.05) is 91.1 Å². The number of benzene rings is 3. The van der Waals surface area contributed by atoms with Crippen molar-refractivity contribution < 1.29 is 14.0 Å². The summed E-state index contributed by atoms with van der Waals surface area (Å²) in [7, 11) is 0. The maximum absolute atomic E-state index is 14.2. The van der Waals surface area contributed by atoms with Crippen LogP contribution in [0.25, 0.3) is 0 Å². The van der Waals surface area contributed by atoms with Gasteiger partial charge in [-0.05, 0) is 35.7 Å². The van der Waals surface area contributed by atoms with Crippen LogP contribution in [-0.2, 0) is 28.3 Å². The Kier molecular flexibility index (Phi) is 11.8. The second-order valence-electron chi connectivity index (χ2n) is 8.66. The molecule has 37 heavy (non-hydrogen) atoms. The number of amides is 2. The van der Waals surface area contributed by atoms with E-state index in [2.05, 4.69) is 12.2 Å². The molecule has 0 unspecified atom stereocenters. The van der Waals surface area contributed by atoms with Gasteiger partial charge in [-0.25, -0.2) is 4.39 Å². The third-order valence-corrected chi connectivity index (χ3v) is 7.60. The lowest BCUT2D eigenvalue weighted by molar-refractivity contribution is -0.139. The Morgan fingerprint density at radius 2 is 1.68 bits per heavy atom. The van der Waals surface area contributed by atoms with Gasteiger partial charge in [0, 0.05) is 40.9 Å². The molecule has 0 fully saturated rings. The highest BCUT2D eigenvalue weighted by atomic mass is 35.5. The fraction of sp³-hybridized carbons (Fsp3) is 0.310. The van der Waals surface area contributed by atoms with Gasteiger partial charge in [0.25, 0.3) is 0 Å². The molecule has 3 aromatic rings. The second-order valence-corrected chi connectivity index (χ2v) is 10.5. The first-order chi connectivity index (χ1) is 17.9. The van der Waals surface area contributed by atoms with Crippen LogP contribution in [0.2, 0.25) is 10.0 Å². The van der Waals surface area contributed by atoms with Gasteiger partial charge < -0.3 is 10.2 Å². The minimum Gasteiger partial charge on any atom is -0.354 e. The first-order valence-electron chi connectivity index (χ1n) is 12.3. The lowest BCUT2D eigenvalue weighted by Gasteiger charge is -2.32. The fourth-order valence-corrected chi connectivity index (χ4v) is 5.31. The lowest BCUT2D eigenvalue weighted by Crippen LogP contribution is -2.51. The quantitative estimate of drug-likeness (QED) is 0.231. The van der Waals surface area contributed by atoms with Crippen LogP contribution >= 0.6 is 35.0 Å². The number of halogens is 3. The molecule has 0 aliphatic rings. The van der Waals surface area contributed by atoms with Crippen LogP contribution in [0.5, 0.6) is 0 Å². The monoisotopic (exact) mass is 560 g/mol. The zero-order chi connectivity index (χ0) is 26.6. The van der Waals surface area contributed by atoms with E-state index in [0.717, 1.165) is 24.0 Å². The number of thioether (sulfide) groups is 1. The standard InChI is InChI=1S/C29H31Cl2FN2O2S/c1-2-3-16-33-29(36)27(17-21-10-5-4-6-11-21)34(18-22-12-7-8-13-24(22)30)28(35)20-37-19-23-25(31)14-9-15-26(23)32/h4-15,27H,2-3,16-20H2,1H3,(H,33,36)/t27-/m1/s1. The smallest absolute Gasteiger partial charge is 0.243 e. The maximum atomic E-state index is 14.2. The molecular formula is C29H31Cl2FN2O2S. The molecule has 196 valence electrons. The first-order valence-corrected chi connectivity index (χ1v) is 14.2. The van der Waals surface area contributed by atoms with E-state index in [4.69, 9.17) is 23.2 Å². The van der Waals surface area contributed by atoms with E-state index < -0.39 is 11.9 Å². The Balaban J connectivity index is 1.86. The molecular weight excluding hydrogens is 530 g/mol. The highest BCUT2D eigenvalue weighted by Crippen LogP contribution is 2.25. The van der Waals surface area contributed by atoms with Crippen LogP contribution in [0.3, 0.4) is 0 Å². The third-order valence-electron chi connectivity index (χ3n) is 5.93. The maximum Gasteiger partial charge on any atom is 0.243 e. The van der Waals surface area contributed by atoms with Gasteiger partial charge >= 0.3 is 0 Å². The molecule has 8 heteroatoms. The second kappa shape index (κ2) is 15.0. The predicted octanol–water partition coefficient (Wildman–Crippen LogP) is 6.92. The van der Waals surface area contributed by atoms with Crippen LogP contribution in [0, 0.1) is 5.82 Å². The van der Waals surface area contributed by atoms with Crippen LogP contribution in [0.15, 0.2) is 72.8 Å². The fourth-order valence-electron chi connectivity index (χ4n) is 3.86. The van der Waals surface area contributed by atoms with Crippen molar-refractivity contribution in [1.29, 1.82) is 0 Å². The van der Waals surface area contributed by atoms with Crippen molar-refractivity contribution in [3.05, 3.63) is 105 Å². The Hall–Kier alpha value is -2.54. The normalized spacial score (nSPS) is 11.7. The average Bonchev–Trinajstić information content (AvgIpc) is 2.89. The van der Waals surface area contributed by atoms with E-state index in [1.165, 1.54) is 17.8 Å². The predicted molar refractivity (Wildman–Crippen MR) is 151 cm³/mol.